The maximum absolute atomic E-state index is 13.3. The molecule has 0 aliphatic carbocycles. The molecule has 0 bridgehead atoms. The molecule has 32 nitrogen and oxygen atoms in total. The van der Waals surface area contributed by atoms with Crippen LogP contribution >= 0.6 is 0 Å². The molecular weight excluding hydrogens is 1760 g/mol. The molecule has 2 atom stereocenters. The first kappa shape index (κ1) is 93.1. The van der Waals surface area contributed by atoms with Crippen LogP contribution in [-0.4, -0.2) is 219 Å². The summed E-state index contributed by atoms with van der Waals surface area (Å²) in [6, 6.07) is 34.2. The fourth-order valence-corrected chi connectivity index (χ4v) is 23.2. The summed E-state index contributed by atoms with van der Waals surface area (Å²) >= 11 is 0. The first-order valence-electron chi connectivity index (χ1n) is 50.7. The molecule has 11 aliphatic heterocycles. The summed E-state index contributed by atoms with van der Waals surface area (Å²) in [4.78, 5) is 77.9. The highest BCUT2D eigenvalue weighted by Crippen LogP contribution is 2.46. The lowest BCUT2D eigenvalue weighted by Gasteiger charge is -2.36. The summed E-state index contributed by atoms with van der Waals surface area (Å²) in [5.41, 5.74) is 31.6. The number of aryl methyl sites for hydroxylation is 4. The van der Waals surface area contributed by atoms with Gasteiger partial charge >= 0.3 is 0 Å². The highest BCUT2D eigenvalue weighted by molar-refractivity contribution is 6.00. The molecule has 140 heavy (non-hydrogen) atoms. The van der Waals surface area contributed by atoms with Gasteiger partial charge in [0, 0.05) is 302 Å². The lowest BCUT2D eigenvalue weighted by molar-refractivity contribution is -0.132. The average Bonchev–Trinajstić information content (AvgIpc) is 1.63. The number of aromatic nitrogens is 16. The zero-order valence-electron chi connectivity index (χ0n) is 82.3. The molecule has 5 aromatic carbocycles. The standard InChI is InChI=1S/C28H36N6O2.C27H32N6O3.C27H34N6O2.C26H27N5O2/c1-4-27(35)32-11-8-26-25(18-32)28(30-34(26)21-9-12-36-13-10-21)23-7-5-6-20-16-33(19(2)14-24(20)23)22-15-29-31(3)17-22;1-3-25(34)31-10-7-24-23(17-31)27(29-33(24)19-8-11-36-12-9-19)21-6-4-5-18-15-32(26(35)13-22(18)21)20-14-28-30(2)16-20;1-3-26(34)32-12-8-25-24(18-32)27(29-33(25)20-9-13-35-14-10-20)23-6-4-5-19-16-31(11-7-22(19)23)21-15-28-30(2)17-21;1-17(32)30-10-8-25-24(15-30)26(28-31(25)21-9-11-33-16-21)23-5-3-4-19-12-18(6-7-22(19)23)20-13-27-29(2)14-20/h5-7,15,17,19,21H,4,8-14,16,18H2,1-3H3;4-6,14,16,19H,3,7-13,15,17H2,1-2H3;4-6,15,17,20H,3,7-14,16,18H2,1-2H3;3-7,12-14,21H,8-11,15-16H2,1-2H3/t;;;21-/m...0/s1. The summed E-state index contributed by atoms with van der Waals surface area (Å²) in [5.74, 6) is 0.790. The fourth-order valence-electron chi connectivity index (χ4n) is 23.2. The zero-order chi connectivity index (χ0) is 96.1. The number of hydrogen-bond acceptors (Lipinski definition) is 19. The third-order valence-electron chi connectivity index (χ3n) is 30.8. The smallest absolute Gasteiger partial charge is 0.231 e. The largest absolute Gasteiger partial charge is 0.381 e. The number of fused-ring (bicyclic) bond motifs is 8. The van der Waals surface area contributed by atoms with Crippen LogP contribution < -0.4 is 14.7 Å². The van der Waals surface area contributed by atoms with Gasteiger partial charge in [-0.2, -0.15) is 40.8 Å². The number of anilines is 3. The molecule has 0 saturated carbocycles. The van der Waals surface area contributed by atoms with Crippen molar-refractivity contribution in [1.82, 2.24) is 97.8 Å². The topological polar surface area (TPSA) is 288 Å². The van der Waals surface area contributed by atoms with Crippen molar-refractivity contribution in [3.63, 3.8) is 0 Å². The van der Waals surface area contributed by atoms with Crippen LogP contribution in [-0.2, 0) is 162 Å². The first-order valence-corrected chi connectivity index (χ1v) is 50.7. The van der Waals surface area contributed by atoms with E-state index in [9.17, 15) is 24.0 Å². The lowest BCUT2D eigenvalue weighted by atomic mass is 9.87. The second-order valence-corrected chi connectivity index (χ2v) is 39.5. The van der Waals surface area contributed by atoms with Crippen LogP contribution in [0.4, 0.5) is 17.1 Å². The molecule has 11 aliphatic rings. The molecule has 0 radical (unpaired) electrons. The second-order valence-electron chi connectivity index (χ2n) is 39.5. The molecule has 32 heteroatoms. The minimum absolute atomic E-state index is 0.0588. The first-order chi connectivity index (χ1) is 68.3. The van der Waals surface area contributed by atoms with E-state index >= 15 is 0 Å². The van der Waals surface area contributed by atoms with Crippen molar-refractivity contribution in [2.24, 2.45) is 28.2 Å². The molecule has 19 heterocycles. The quantitative estimate of drug-likeness (QED) is 0.0921. The zero-order valence-corrected chi connectivity index (χ0v) is 82.3. The highest BCUT2D eigenvalue weighted by atomic mass is 16.5. The van der Waals surface area contributed by atoms with Crippen LogP contribution in [0.2, 0.25) is 0 Å². The van der Waals surface area contributed by atoms with Crippen LogP contribution in [0.5, 0.6) is 0 Å². The van der Waals surface area contributed by atoms with Crippen molar-refractivity contribution in [3.05, 3.63) is 219 Å². The minimum Gasteiger partial charge on any atom is -0.381 e. The van der Waals surface area contributed by atoms with E-state index in [4.69, 9.17) is 39.3 Å². The summed E-state index contributed by atoms with van der Waals surface area (Å²) in [6.07, 6.45) is 29.6. The van der Waals surface area contributed by atoms with E-state index in [1.165, 1.54) is 89.3 Å². The van der Waals surface area contributed by atoms with Crippen LogP contribution in [0.15, 0.2) is 141 Å². The van der Waals surface area contributed by atoms with Gasteiger partial charge in [-0.15, -0.1) is 0 Å². The van der Waals surface area contributed by atoms with Gasteiger partial charge in [0.1, 0.15) is 0 Å². The van der Waals surface area contributed by atoms with Gasteiger partial charge in [0.2, 0.25) is 29.5 Å². The number of rotatable bonds is 15. The number of benzene rings is 5. The van der Waals surface area contributed by atoms with Crippen LogP contribution in [0.1, 0.15) is 201 Å². The molecule has 4 saturated heterocycles. The Hall–Kier alpha value is -13.2. The van der Waals surface area contributed by atoms with Crippen LogP contribution in [0.3, 0.4) is 0 Å². The van der Waals surface area contributed by atoms with Gasteiger partial charge < -0.3 is 53.2 Å². The van der Waals surface area contributed by atoms with Gasteiger partial charge in [0.05, 0.1) is 108 Å². The van der Waals surface area contributed by atoms with E-state index < -0.39 is 0 Å². The Labute approximate surface area is 817 Å². The Morgan fingerprint density at radius 3 is 1.27 bits per heavy atom. The van der Waals surface area contributed by atoms with E-state index in [1.807, 2.05) is 114 Å². The third-order valence-corrected chi connectivity index (χ3v) is 30.8. The van der Waals surface area contributed by atoms with E-state index in [2.05, 4.69) is 159 Å². The normalized spacial score (nSPS) is 18.8. The molecular formula is C108H129N23O9. The summed E-state index contributed by atoms with van der Waals surface area (Å²) in [6.45, 7) is 24.6. The molecule has 8 aromatic heterocycles. The average molecular weight is 1890 g/mol. The molecule has 0 N–H and O–H groups in total. The molecule has 0 spiro atoms. The van der Waals surface area contributed by atoms with Gasteiger partial charge in [-0.3, -0.25) is 61.4 Å². The molecule has 5 amide bonds. The summed E-state index contributed by atoms with van der Waals surface area (Å²) < 4.78 is 38.8. The van der Waals surface area contributed by atoms with E-state index in [0.29, 0.717) is 89.2 Å². The lowest BCUT2D eigenvalue weighted by Crippen LogP contribution is -2.38. The van der Waals surface area contributed by atoms with E-state index in [0.717, 1.165) is 249 Å². The molecule has 4 fully saturated rings. The van der Waals surface area contributed by atoms with Crippen molar-refractivity contribution < 1.29 is 42.9 Å². The third kappa shape index (κ3) is 18.5. The minimum atomic E-state index is 0.0588. The SMILES string of the molecule is CC(=O)N1CCc2c(c(-c3cccc4cc(-c5cnn(C)c5)ccc34)nn2[C@H]2CCOC2)C1.CCC(=O)N1CCc2c(c(-c3cccc4c3CC(=O)N(c3cnn(C)c3)C4)nn2C2CCOCC2)C1.CCC(=O)N1CCc2c(c(-c3cccc4c3CC(C)N(c3cnn(C)c3)C4)nn2C2CCOCC2)C1.CCC(=O)N1CCc2c(c(-c3cccc4c3CCN(c3cnn(C)c3)C4)nn2C2CCOCC2)C1. The van der Waals surface area contributed by atoms with Gasteiger partial charge in [-0.05, 0) is 120 Å². The van der Waals surface area contributed by atoms with Crippen molar-refractivity contribution in [1.29, 1.82) is 0 Å². The van der Waals surface area contributed by atoms with E-state index in [1.54, 1.807) is 22.7 Å². The summed E-state index contributed by atoms with van der Waals surface area (Å²) in [5, 5.41) is 40.6. The maximum atomic E-state index is 13.3. The van der Waals surface area contributed by atoms with Crippen LogP contribution in [0.25, 0.3) is 66.9 Å². The molecule has 730 valence electrons. The number of nitrogens with zero attached hydrogens (tertiary/aromatic N) is 23. The van der Waals surface area contributed by atoms with Crippen molar-refractivity contribution in [2.75, 3.05) is 100 Å². The van der Waals surface area contributed by atoms with Gasteiger partial charge in [-0.1, -0.05) is 106 Å². The molecule has 13 aromatic rings. The van der Waals surface area contributed by atoms with Crippen LogP contribution in [0, 0.1) is 0 Å². The van der Waals surface area contributed by atoms with Gasteiger partial charge in [-0.25, -0.2) is 0 Å². The van der Waals surface area contributed by atoms with Crippen molar-refractivity contribution in [3.8, 4) is 56.2 Å². The van der Waals surface area contributed by atoms with Gasteiger partial charge in [0.25, 0.3) is 0 Å². The Bertz CT molecular complexity index is 6790. The number of amides is 5. The van der Waals surface area contributed by atoms with Gasteiger partial charge in [0.15, 0.2) is 0 Å². The predicted molar refractivity (Wildman–Crippen MR) is 534 cm³/mol. The predicted octanol–water partition coefficient (Wildman–Crippen LogP) is 14.4. The maximum Gasteiger partial charge on any atom is 0.231 e. The molecule has 1 unspecified atom stereocenters. The van der Waals surface area contributed by atoms with Crippen molar-refractivity contribution >= 4 is 57.4 Å². The Balaban J connectivity index is 0.000000111. The highest BCUT2D eigenvalue weighted by Gasteiger charge is 2.40. The molecule has 24 rings (SSSR count). The van der Waals surface area contributed by atoms with Crippen molar-refractivity contribution in [2.45, 2.75) is 220 Å². The number of hydrogen-bond donors (Lipinski definition) is 0. The fraction of sp³-hybridized carbons (Fsp3) is 0.472. The Morgan fingerprint density at radius 2 is 0.800 bits per heavy atom. The Morgan fingerprint density at radius 1 is 0.386 bits per heavy atom. The number of carbonyl (C=O) groups is 5. The Kier molecular flexibility index (Phi) is 26.8. The second kappa shape index (κ2) is 40.2. The number of carbonyl (C=O) groups excluding carboxylic acids is 5. The summed E-state index contributed by atoms with van der Waals surface area (Å²) in [7, 11) is 7.72. The van der Waals surface area contributed by atoms with E-state index in [-0.39, 0.29) is 35.6 Å². The number of ether oxygens (including phenoxy) is 4. The monoisotopic (exact) mass is 1890 g/mol.